The molecule has 8 rings (SSSR count). The van der Waals surface area contributed by atoms with Crippen molar-refractivity contribution >= 4 is 81.8 Å². The minimum absolute atomic E-state index is 0.00211. The van der Waals surface area contributed by atoms with Gasteiger partial charge in [0, 0.05) is 0 Å². The third-order valence-corrected chi connectivity index (χ3v) is 10.4. The molecule has 8 aromatic rings. The van der Waals surface area contributed by atoms with E-state index >= 15 is 0 Å². The molecule has 0 radical (unpaired) electrons. The minimum atomic E-state index is -0.782. The predicted octanol–water partition coefficient (Wildman–Crippen LogP) is 6.77. The van der Waals surface area contributed by atoms with Crippen molar-refractivity contribution in [3.63, 3.8) is 0 Å². The van der Waals surface area contributed by atoms with Crippen LogP contribution in [0.2, 0.25) is 0 Å². The molecule has 0 aliphatic heterocycles. The average Bonchev–Trinajstić information content (AvgIpc) is 3.27. The van der Waals surface area contributed by atoms with Crippen LogP contribution >= 0.6 is 0 Å². The van der Waals surface area contributed by atoms with Crippen molar-refractivity contribution in [1.29, 1.82) is 0 Å². The molecule has 37 heavy (non-hydrogen) atoms. The molecule has 0 fully saturated rings. The maximum absolute atomic E-state index is 13.8. The topological polar surface area (TPSA) is 52.2 Å². The molecule has 0 N–H and O–H groups in total. The number of benzene rings is 5. The molecule has 4 nitrogen and oxygen atoms in total. The van der Waals surface area contributed by atoms with Crippen molar-refractivity contribution in [2.45, 2.75) is 0 Å². The molecule has 0 spiro atoms. The van der Waals surface area contributed by atoms with Crippen LogP contribution in [-0.2, 0) is 0 Å². The first-order chi connectivity index (χ1) is 18.2. The molecule has 0 saturated heterocycles. The summed E-state index contributed by atoms with van der Waals surface area (Å²) >= 11 is -0.782. The third kappa shape index (κ3) is 2.90. The Morgan fingerprint density at radius 1 is 0.541 bits per heavy atom. The number of aromatic nitrogens is 1. The van der Waals surface area contributed by atoms with Gasteiger partial charge < -0.3 is 0 Å². The maximum atomic E-state index is 13.8. The van der Waals surface area contributed by atoms with Gasteiger partial charge in [-0.1, -0.05) is 0 Å². The summed E-state index contributed by atoms with van der Waals surface area (Å²) in [4.78, 5) is 27.2. The molecule has 3 aromatic heterocycles. The number of para-hydroxylation sites is 3. The van der Waals surface area contributed by atoms with E-state index in [1.54, 1.807) is 6.07 Å². The number of hydrogen-bond acceptors (Lipinski definition) is 3. The van der Waals surface area contributed by atoms with Crippen LogP contribution in [0.4, 0.5) is 0 Å². The predicted molar refractivity (Wildman–Crippen MR) is 153 cm³/mol. The van der Waals surface area contributed by atoms with Gasteiger partial charge in [0.25, 0.3) is 0 Å². The van der Waals surface area contributed by atoms with Crippen LogP contribution in [0.5, 0.6) is 0 Å². The number of nitrogens with zero attached hydrogens (tertiary/aromatic N) is 1. The van der Waals surface area contributed by atoms with Crippen LogP contribution in [-0.4, -0.2) is 25.0 Å². The molecule has 5 aromatic carbocycles. The summed E-state index contributed by atoms with van der Waals surface area (Å²) in [6, 6.07) is 33.8. The Balaban J connectivity index is 1.53. The summed E-state index contributed by atoms with van der Waals surface area (Å²) in [6.07, 6.45) is 0. The van der Waals surface area contributed by atoms with Crippen LogP contribution in [0.15, 0.2) is 117 Å². The van der Waals surface area contributed by atoms with Crippen molar-refractivity contribution in [2.75, 3.05) is 0 Å². The molecule has 0 bridgehead atoms. The molecule has 5 heteroatoms. The summed E-state index contributed by atoms with van der Waals surface area (Å²) in [6.45, 7) is 0. The van der Waals surface area contributed by atoms with Gasteiger partial charge in [-0.05, 0) is 0 Å². The van der Waals surface area contributed by atoms with Crippen molar-refractivity contribution < 1.29 is 4.42 Å². The van der Waals surface area contributed by atoms with E-state index < -0.39 is 20.4 Å². The van der Waals surface area contributed by atoms with E-state index in [1.807, 2.05) is 72.8 Å². The second-order valence-electron chi connectivity index (χ2n) is 9.23. The number of hydrogen-bond donors (Lipinski definition) is 0. The Morgan fingerprint density at radius 3 is 1.92 bits per heavy atom. The SMILES string of the molecule is O=c1c2ccccc2[te]c2cc3c(=O)c4cccc(-n5c6ccccc6c6ccccc65)c4oc3cc12. The van der Waals surface area contributed by atoms with Gasteiger partial charge in [0.1, 0.15) is 0 Å². The van der Waals surface area contributed by atoms with Crippen LogP contribution < -0.4 is 10.9 Å². The Labute approximate surface area is 219 Å². The third-order valence-electron chi connectivity index (χ3n) is 7.19. The summed E-state index contributed by atoms with van der Waals surface area (Å²) < 4.78 is 10.8. The summed E-state index contributed by atoms with van der Waals surface area (Å²) in [5, 5.41) is 4.77. The summed E-state index contributed by atoms with van der Waals surface area (Å²) in [5.41, 5.74) is 3.79. The van der Waals surface area contributed by atoms with E-state index in [2.05, 4.69) is 28.8 Å². The van der Waals surface area contributed by atoms with Gasteiger partial charge in [-0.3, -0.25) is 0 Å². The van der Waals surface area contributed by atoms with Crippen LogP contribution in [0.3, 0.4) is 0 Å². The van der Waals surface area contributed by atoms with Crippen LogP contribution in [0, 0.1) is 0 Å². The first-order valence-corrected chi connectivity index (χ1v) is 14.4. The molecule has 0 aliphatic carbocycles. The fraction of sp³-hybridized carbons (Fsp3) is 0. The molecular formula is C32H17NO3Te. The second-order valence-corrected chi connectivity index (χ2v) is 12.3. The molecule has 3 heterocycles. The van der Waals surface area contributed by atoms with Crippen molar-refractivity contribution in [3.05, 3.63) is 124 Å². The normalized spacial score (nSPS) is 12.0. The quantitative estimate of drug-likeness (QED) is 0.157. The van der Waals surface area contributed by atoms with Crippen molar-refractivity contribution in [3.8, 4) is 5.69 Å². The van der Waals surface area contributed by atoms with Crippen LogP contribution in [0.1, 0.15) is 0 Å². The van der Waals surface area contributed by atoms with Gasteiger partial charge in [0.15, 0.2) is 0 Å². The van der Waals surface area contributed by atoms with E-state index in [9.17, 15) is 9.59 Å². The monoisotopic (exact) mass is 593 g/mol. The van der Waals surface area contributed by atoms with E-state index in [-0.39, 0.29) is 10.9 Å². The Hall–Kier alpha value is -4.17. The van der Waals surface area contributed by atoms with Gasteiger partial charge in [-0.2, -0.15) is 0 Å². The Kier molecular flexibility index (Phi) is 4.34. The average molecular weight is 591 g/mol. The first-order valence-electron chi connectivity index (χ1n) is 12.0. The zero-order valence-electron chi connectivity index (χ0n) is 19.4. The van der Waals surface area contributed by atoms with Gasteiger partial charge >= 0.3 is 220 Å². The van der Waals surface area contributed by atoms with Crippen molar-refractivity contribution in [1.82, 2.24) is 4.57 Å². The van der Waals surface area contributed by atoms with Crippen LogP contribution in [0.25, 0.3) is 67.0 Å². The fourth-order valence-corrected chi connectivity index (χ4v) is 8.63. The van der Waals surface area contributed by atoms with Gasteiger partial charge in [0.05, 0.1) is 0 Å². The zero-order chi connectivity index (χ0) is 24.7. The van der Waals surface area contributed by atoms with E-state index in [1.165, 1.54) is 0 Å². The molecule has 0 amide bonds. The van der Waals surface area contributed by atoms with E-state index in [0.29, 0.717) is 27.3 Å². The fourth-order valence-electron chi connectivity index (χ4n) is 5.51. The zero-order valence-corrected chi connectivity index (χ0v) is 21.7. The first kappa shape index (κ1) is 21.0. The van der Waals surface area contributed by atoms with Gasteiger partial charge in [-0.25, -0.2) is 0 Å². The van der Waals surface area contributed by atoms with Gasteiger partial charge in [0.2, 0.25) is 0 Å². The molecule has 0 saturated carbocycles. The molecule has 0 atom stereocenters. The Morgan fingerprint density at radius 2 is 1.16 bits per heavy atom. The Bertz CT molecular complexity index is 2300. The summed E-state index contributed by atoms with van der Waals surface area (Å²) in [7, 11) is 0. The molecule has 174 valence electrons. The summed E-state index contributed by atoms with van der Waals surface area (Å²) in [5.74, 6) is 0. The molecule has 0 aliphatic rings. The van der Waals surface area contributed by atoms with Gasteiger partial charge in [-0.15, -0.1) is 0 Å². The molecule has 0 unspecified atom stereocenters. The number of rotatable bonds is 1. The second kappa shape index (κ2) is 7.66. The van der Waals surface area contributed by atoms with Crippen molar-refractivity contribution in [2.24, 2.45) is 0 Å². The van der Waals surface area contributed by atoms with E-state index in [0.717, 1.165) is 39.7 Å². The molecular weight excluding hydrogens is 574 g/mol. The number of fused-ring (bicyclic) bond motifs is 7. The van der Waals surface area contributed by atoms with E-state index in [4.69, 9.17) is 4.42 Å². The standard InChI is InChI=1S/C32H17NO3Te/c34-30-20-10-3-6-15-28(20)37-29-17-22-27(16-23(29)30)36-32-21(31(22)35)11-7-14-26(32)33-24-12-4-1-8-18(24)19-9-2-5-13-25(19)33/h1-17H.